The maximum Gasteiger partial charge on any atom is 0.271 e. The smallest absolute Gasteiger partial charge is 0.271 e. The van der Waals surface area contributed by atoms with E-state index in [2.05, 4.69) is 34.7 Å². The van der Waals surface area contributed by atoms with Gasteiger partial charge < -0.3 is 9.84 Å². The molecule has 2 heterocycles. The van der Waals surface area contributed by atoms with Crippen molar-refractivity contribution in [3.63, 3.8) is 0 Å². The number of thiazole rings is 1. The number of halogens is 2. The van der Waals surface area contributed by atoms with Gasteiger partial charge in [-0.25, -0.2) is 9.38 Å². The second-order valence-electron chi connectivity index (χ2n) is 8.95. The van der Waals surface area contributed by atoms with E-state index in [1.54, 1.807) is 22.8 Å². The summed E-state index contributed by atoms with van der Waals surface area (Å²) in [6, 6.07) is 17.8. The monoisotopic (exact) mass is 624 g/mol. The van der Waals surface area contributed by atoms with Crippen molar-refractivity contribution in [2.75, 3.05) is 6.61 Å². The first-order valence-corrected chi connectivity index (χ1v) is 13.9. The summed E-state index contributed by atoms with van der Waals surface area (Å²) in [7, 11) is 0. The van der Waals surface area contributed by atoms with E-state index in [0.29, 0.717) is 25.3 Å². The van der Waals surface area contributed by atoms with Crippen LogP contribution in [0.1, 0.15) is 41.6 Å². The van der Waals surface area contributed by atoms with Gasteiger partial charge in [-0.2, -0.15) is 0 Å². The highest BCUT2D eigenvalue weighted by Crippen LogP contribution is 2.41. The molecule has 0 radical (unpaired) electrons. The first kappa shape index (κ1) is 24.1. The van der Waals surface area contributed by atoms with Gasteiger partial charge in [0, 0.05) is 5.56 Å². The highest BCUT2D eigenvalue weighted by molar-refractivity contribution is 14.1. The molecule has 4 aromatic rings. The minimum atomic E-state index is -0.360. The number of hydrogen-bond acceptors (Lipinski definition) is 5. The Bertz CT molecular complexity index is 1760. The summed E-state index contributed by atoms with van der Waals surface area (Å²) in [5.41, 5.74) is 5.76. The molecule has 1 aromatic heterocycles. The van der Waals surface area contributed by atoms with Crippen LogP contribution in [-0.2, 0) is 6.42 Å². The fraction of sp³-hybridized carbons (Fsp3) is 0.172. The Labute approximate surface area is 230 Å². The summed E-state index contributed by atoms with van der Waals surface area (Å²) in [5, 5.41) is 10.3. The molecule has 2 aliphatic rings. The Morgan fingerprint density at radius 1 is 1.19 bits per heavy atom. The van der Waals surface area contributed by atoms with E-state index in [9.17, 15) is 14.3 Å². The predicted molar refractivity (Wildman–Crippen MR) is 151 cm³/mol. The number of nitrogens with zero attached hydrogens (tertiary/aromatic N) is 2. The van der Waals surface area contributed by atoms with Gasteiger partial charge >= 0.3 is 0 Å². The second-order valence-corrected chi connectivity index (χ2v) is 11.1. The van der Waals surface area contributed by atoms with E-state index in [-0.39, 0.29) is 23.2 Å². The highest BCUT2D eigenvalue weighted by Gasteiger charge is 2.32. The number of phenolic OH excluding ortho intramolecular Hbond substituents is 1. The lowest BCUT2D eigenvalue weighted by Gasteiger charge is -2.30. The Morgan fingerprint density at radius 3 is 2.76 bits per heavy atom. The summed E-state index contributed by atoms with van der Waals surface area (Å²) in [6.07, 6.45) is 3.45. The average Bonchev–Trinajstić information content (AvgIpc) is 3.20. The molecular weight excluding hydrogens is 602 g/mol. The van der Waals surface area contributed by atoms with Crippen LogP contribution in [0.5, 0.6) is 11.5 Å². The van der Waals surface area contributed by atoms with Gasteiger partial charge in [0.05, 0.1) is 26.4 Å². The first-order valence-electron chi connectivity index (χ1n) is 12.0. The number of ether oxygens (including phenoxy) is 1. The number of allylic oxidation sites excluding steroid dienone is 1. The largest absolute Gasteiger partial charge is 0.504 e. The van der Waals surface area contributed by atoms with Gasteiger partial charge in [0.25, 0.3) is 5.56 Å². The molecular formula is C29H22FIN2O3S. The summed E-state index contributed by atoms with van der Waals surface area (Å²) >= 11 is 3.39. The van der Waals surface area contributed by atoms with E-state index in [1.165, 1.54) is 29.0 Å². The average molecular weight is 624 g/mol. The zero-order chi connectivity index (χ0) is 25.7. The van der Waals surface area contributed by atoms with Crippen LogP contribution in [0.3, 0.4) is 0 Å². The Morgan fingerprint density at radius 2 is 1.97 bits per heavy atom. The minimum Gasteiger partial charge on any atom is -0.504 e. The van der Waals surface area contributed by atoms with Crippen LogP contribution in [0.2, 0.25) is 0 Å². The number of hydrogen-bond donors (Lipinski definition) is 1. The van der Waals surface area contributed by atoms with Crippen molar-refractivity contribution in [2.45, 2.75) is 25.8 Å². The standard InChI is InChI=1S/C29H22FIN2O3S/c1-2-36-23-14-16(13-22(31)27(23)34)15-24-28(35)33-26(18-7-10-19(30)11-8-18)21-12-9-17-5-3-4-6-20(17)25(21)32-29(33)37-24/h3-8,10-11,13-15,26,34H,2,9,12H2,1H3/b24-15+/t26-/m0/s1. The van der Waals surface area contributed by atoms with Crippen molar-refractivity contribution < 1.29 is 14.2 Å². The number of fused-ring (bicyclic) bond motifs is 3. The first-order chi connectivity index (χ1) is 17.9. The minimum absolute atomic E-state index is 0.0868. The van der Waals surface area contributed by atoms with E-state index < -0.39 is 0 Å². The predicted octanol–water partition coefficient (Wildman–Crippen LogP) is 5.17. The lowest BCUT2D eigenvalue weighted by atomic mass is 9.83. The third kappa shape index (κ3) is 4.21. The van der Waals surface area contributed by atoms with Crippen LogP contribution in [0, 0.1) is 9.39 Å². The van der Waals surface area contributed by atoms with Crippen molar-refractivity contribution in [1.82, 2.24) is 4.57 Å². The normalized spacial score (nSPS) is 16.6. The zero-order valence-electron chi connectivity index (χ0n) is 19.9. The van der Waals surface area contributed by atoms with Crippen LogP contribution < -0.4 is 19.6 Å². The van der Waals surface area contributed by atoms with Gasteiger partial charge in [-0.15, -0.1) is 0 Å². The molecule has 3 aromatic carbocycles. The number of phenols is 1. The van der Waals surface area contributed by atoms with Gasteiger partial charge in [0.1, 0.15) is 5.82 Å². The molecule has 1 N–H and O–H groups in total. The van der Waals surface area contributed by atoms with E-state index in [4.69, 9.17) is 9.73 Å². The Kier molecular flexibility index (Phi) is 6.24. The SMILES string of the molecule is CCOc1cc(/C=c2/sc3n(c2=O)[C@@H](c2ccc(F)cc2)C2=C(N=3)c3ccccc3CC2)cc(I)c1O. The number of benzene rings is 3. The van der Waals surface area contributed by atoms with Crippen molar-refractivity contribution in [3.8, 4) is 11.5 Å². The summed E-state index contributed by atoms with van der Waals surface area (Å²) < 4.78 is 22.3. The molecule has 0 unspecified atom stereocenters. The quantitative estimate of drug-likeness (QED) is 0.319. The molecule has 0 saturated heterocycles. The molecule has 8 heteroatoms. The van der Waals surface area contributed by atoms with Crippen molar-refractivity contribution in [2.24, 2.45) is 4.99 Å². The fourth-order valence-corrected chi connectivity index (χ4v) is 6.69. The Hall–Kier alpha value is -3.24. The number of aromatic hydroxyl groups is 1. The highest BCUT2D eigenvalue weighted by atomic mass is 127. The van der Waals surface area contributed by atoms with Crippen LogP contribution in [0.15, 0.2) is 76.0 Å². The van der Waals surface area contributed by atoms with Gasteiger partial charge in [0.2, 0.25) is 0 Å². The van der Waals surface area contributed by atoms with Gasteiger partial charge in [0.15, 0.2) is 16.3 Å². The van der Waals surface area contributed by atoms with Crippen LogP contribution in [0.25, 0.3) is 11.8 Å². The molecule has 0 saturated carbocycles. The fourth-order valence-electron chi connectivity index (χ4n) is 5.06. The molecule has 37 heavy (non-hydrogen) atoms. The molecule has 186 valence electrons. The maximum absolute atomic E-state index is 13.9. The molecule has 0 spiro atoms. The van der Waals surface area contributed by atoms with Crippen LogP contribution in [0.4, 0.5) is 4.39 Å². The summed E-state index contributed by atoms with van der Waals surface area (Å²) in [4.78, 5) is 19.5. The van der Waals surface area contributed by atoms with E-state index in [1.807, 2.05) is 31.2 Å². The summed E-state index contributed by atoms with van der Waals surface area (Å²) in [5.74, 6) is 0.153. The van der Waals surface area contributed by atoms with Crippen LogP contribution >= 0.6 is 33.9 Å². The van der Waals surface area contributed by atoms with Gasteiger partial charge in [-0.3, -0.25) is 9.36 Å². The topological polar surface area (TPSA) is 63.8 Å². The van der Waals surface area contributed by atoms with Crippen molar-refractivity contribution in [3.05, 3.63) is 118 Å². The third-order valence-electron chi connectivity index (χ3n) is 6.71. The van der Waals surface area contributed by atoms with E-state index in [0.717, 1.165) is 40.8 Å². The molecule has 1 aliphatic heterocycles. The van der Waals surface area contributed by atoms with Crippen molar-refractivity contribution >= 4 is 45.7 Å². The molecule has 1 atom stereocenters. The molecule has 6 rings (SSSR count). The number of aromatic nitrogens is 1. The van der Waals surface area contributed by atoms with Crippen LogP contribution in [-0.4, -0.2) is 16.3 Å². The van der Waals surface area contributed by atoms with Gasteiger partial charge in [-0.1, -0.05) is 47.7 Å². The maximum atomic E-state index is 13.9. The lowest BCUT2D eigenvalue weighted by Crippen LogP contribution is -2.38. The lowest BCUT2D eigenvalue weighted by molar-refractivity contribution is 0.317. The second kappa shape index (κ2) is 9.57. The van der Waals surface area contributed by atoms with Crippen molar-refractivity contribution in [1.29, 1.82) is 0 Å². The van der Waals surface area contributed by atoms with E-state index >= 15 is 0 Å². The third-order valence-corrected chi connectivity index (χ3v) is 8.51. The molecule has 0 fully saturated rings. The summed E-state index contributed by atoms with van der Waals surface area (Å²) in [6.45, 7) is 2.27. The molecule has 0 amide bonds. The zero-order valence-corrected chi connectivity index (χ0v) is 22.8. The molecule has 1 aliphatic carbocycles. The number of rotatable bonds is 4. The molecule has 0 bridgehead atoms. The molecule has 5 nitrogen and oxygen atoms in total. The Balaban J connectivity index is 1.59. The van der Waals surface area contributed by atoms with Gasteiger partial charge in [-0.05, 0) is 95.0 Å². The number of aryl methyl sites for hydroxylation is 1.